The van der Waals surface area contributed by atoms with Gasteiger partial charge in [-0.25, -0.2) is 4.79 Å². The van der Waals surface area contributed by atoms with E-state index in [1.807, 2.05) is 4.90 Å². The summed E-state index contributed by atoms with van der Waals surface area (Å²) in [5.41, 5.74) is 0.951. The molecule has 2 aliphatic heterocycles. The molecule has 0 atom stereocenters. The maximum Gasteiger partial charge on any atom is 0.346 e. The second-order valence-electron chi connectivity index (χ2n) is 5.67. The number of hydroxylamine groups is 1. The molecule has 0 saturated carbocycles. The minimum Gasteiger partial charge on any atom is -0.496 e. The van der Waals surface area contributed by atoms with Crippen molar-refractivity contribution in [1.82, 2.24) is 4.90 Å². The molecule has 1 fully saturated rings. The largest absolute Gasteiger partial charge is 0.496 e. The Kier molecular flexibility index (Phi) is 4.33. The highest BCUT2D eigenvalue weighted by atomic mass is 16.7. The van der Waals surface area contributed by atoms with E-state index in [0.29, 0.717) is 30.0 Å². The zero-order chi connectivity index (χ0) is 16.4. The van der Waals surface area contributed by atoms with Gasteiger partial charge in [-0.15, -0.1) is 0 Å². The van der Waals surface area contributed by atoms with Crippen molar-refractivity contribution in [3.8, 4) is 5.75 Å². The maximum absolute atomic E-state index is 12.1. The van der Waals surface area contributed by atoms with Gasteiger partial charge in [-0.3, -0.25) is 15.0 Å². The van der Waals surface area contributed by atoms with Gasteiger partial charge in [-0.2, -0.15) is 5.06 Å². The predicted molar refractivity (Wildman–Crippen MR) is 82.5 cm³/mol. The van der Waals surface area contributed by atoms with Crippen molar-refractivity contribution in [3.05, 3.63) is 27.8 Å². The van der Waals surface area contributed by atoms with Gasteiger partial charge in [0.25, 0.3) is 5.69 Å². The molecule has 23 heavy (non-hydrogen) atoms. The normalized spacial score (nSPS) is 17.2. The van der Waals surface area contributed by atoms with Gasteiger partial charge in [0.1, 0.15) is 5.75 Å². The molecule has 0 radical (unpaired) electrons. The van der Waals surface area contributed by atoms with E-state index in [1.54, 1.807) is 6.07 Å². The molecule has 8 nitrogen and oxygen atoms in total. The SMILES string of the molecule is COc1ccc([N+](=O)[O-])c2c1CCN2OC(=O)CN1CCCC1. The number of anilines is 1. The molecule has 0 amide bonds. The van der Waals surface area contributed by atoms with Gasteiger partial charge in [0, 0.05) is 11.6 Å². The molecular weight excluding hydrogens is 302 g/mol. The summed E-state index contributed by atoms with van der Waals surface area (Å²) in [5, 5.41) is 12.6. The van der Waals surface area contributed by atoms with E-state index in [9.17, 15) is 14.9 Å². The van der Waals surface area contributed by atoms with E-state index in [1.165, 1.54) is 18.2 Å². The minimum absolute atomic E-state index is 0.0766. The predicted octanol–water partition coefficient (Wildman–Crippen LogP) is 1.52. The van der Waals surface area contributed by atoms with E-state index in [0.717, 1.165) is 25.9 Å². The second kappa shape index (κ2) is 6.41. The summed E-state index contributed by atoms with van der Waals surface area (Å²) in [5.74, 6) is 0.181. The molecular formula is C15H19N3O5. The summed E-state index contributed by atoms with van der Waals surface area (Å²) < 4.78 is 5.25. The maximum atomic E-state index is 12.1. The number of nitro groups is 1. The lowest BCUT2D eigenvalue weighted by Gasteiger charge is -2.20. The van der Waals surface area contributed by atoms with Crippen LogP contribution in [0.3, 0.4) is 0 Å². The third-order valence-corrected chi connectivity index (χ3v) is 4.21. The monoisotopic (exact) mass is 321 g/mol. The van der Waals surface area contributed by atoms with Crippen molar-refractivity contribution in [2.45, 2.75) is 19.3 Å². The Morgan fingerprint density at radius 2 is 2.04 bits per heavy atom. The van der Waals surface area contributed by atoms with Crippen LogP contribution >= 0.6 is 0 Å². The average molecular weight is 321 g/mol. The first-order valence-electron chi connectivity index (χ1n) is 7.65. The number of hydrogen-bond donors (Lipinski definition) is 0. The lowest BCUT2D eigenvalue weighted by Crippen LogP contribution is -2.33. The van der Waals surface area contributed by atoms with Gasteiger partial charge in [0.2, 0.25) is 0 Å². The van der Waals surface area contributed by atoms with E-state index >= 15 is 0 Å². The van der Waals surface area contributed by atoms with E-state index in [-0.39, 0.29) is 12.2 Å². The third-order valence-electron chi connectivity index (χ3n) is 4.21. The quantitative estimate of drug-likeness (QED) is 0.600. The van der Waals surface area contributed by atoms with Crippen LogP contribution in [-0.2, 0) is 16.1 Å². The van der Waals surface area contributed by atoms with Gasteiger partial charge in [-0.1, -0.05) is 0 Å². The number of hydrogen-bond acceptors (Lipinski definition) is 7. The number of ether oxygens (including phenoxy) is 1. The lowest BCUT2D eigenvalue weighted by atomic mass is 10.1. The molecule has 2 aliphatic rings. The Morgan fingerprint density at radius 1 is 1.30 bits per heavy atom. The van der Waals surface area contributed by atoms with E-state index < -0.39 is 10.9 Å². The van der Waals surface area contributed by atoms with Crippen LogP contribution in [0, 0.1) is 10.1 Å². The lowest BCUT2D eigenvalue weighted by molar-refractivity contribution is -0.384. The Hall–Kier alpha value is -2.35. The molecule has 0 N–H and O–H groups in total. The summed E-state index contributed by atoms with van der Waals surface area (Å²) in [7, 11) is 1.52. The van der Waals surface area contributed by atoms with Gasteiger partial charge in [0.05, 0.1) is 25.1 Å². The molecule has 0 aliphatic carbocycles. The Bertz CT molecular complexity index is 628. The molecule has 3 rings (SSSR count). The number of carbonyl (C=O) groups is 1. The van der Waals surface area contributed by atoms with Crippen LogP contribution < -0.4 is 9.80 Å². The molecule has 1 saturated heterocycles. The number of benzene rings is 1. The van der Waals surface area contributed by atoms with Gasteiger partial charge >= 0.3 is 5.97 Å². The summed E-state index contributed by atoms with van der Waals surface area (Å²) >= 11 is 0. The van der Waals surface area contributed by atoms with E-state index in [4.69, 9.17) is 9.57 Å². The highest BCUT2D eigenvalue weighted by Crippen LogP contribution is 2.42. The van der Waals surface area contributed by atoms with Crippen LogP contribution in [0.1, 0.15) is 18.4 Å². The second-order valence-corrected chi connectivity index (χ2v) is 5.67. The Balaban J connectivity index is 1.79. The molecule has 0 spiro atoms. The van der Waals surface area contributed by atoms with Crippen molar-refractivity contribution in [3.63, 3.8) is 0 Å². The fourth-order valence-corrected chi connectivity index (χ4v) is 3.16. The molecule has 0 bridgehead atoms. The van der Waals surface area contributed by atoms with Crippen LogP contribution in [0.2, 0.25) is 0 Å². The van der Waals surface area contributed by atoms with Crippen LogP contribution in [-0.4, -0.2) is 49.1 Å². The smallest absolute Gasteiger partial charge is 0.346 e. The molecule has 124 valence electrons. The minimum atomic E-state index is -0.467. The molecule has 1 aromatic carbocycles. The topological polar surface area (TPSA) is 85.1 Å². The van der Waals surface area contributed by atoms with Gasteiger partial charge < -0.3 is 9.57 Å². The number of rotatable bonds is 5. The van der Waals surface area contributed by atoms with Crippen molar-refractivity contribution >= 4 is 17.3 Å². The molecule has 1 aromatic rings. The summed E-state index contributed by atoms with van der Waals surface area (Å²) in [6, 6.07) is 2.96. The third kappa shape index (κ3) is 3.07. The molecule has 0 aromatic heterocycles. The number of nitro benzene ring substituents is 1. The first kappa shape index (κ1) is 15.5. The highest BCUT2D eigenvalue weighted by molar-refractivity contribution is 5.78. The first-order valence-corrected chi connectivity index (χ1v) is 7.65. The Labute approximate surface area is 133 Å². The van der Waals surface area contributed by atoms with Crippen molar-refractivity contribution in [2.75, 3.05) is 38.4 Å². The fourth-order valence-electron chi connectivity index (χ4n) is 3.16. The molecule has 8 heteroatoms. The summed E-state index contributed by atoms with van der Waals surface area (Å²) in [6.07, 6.45) is 2.71. The number of nitrogens with zero attached hydrogens (tertiary/aromatic N) is 3. The summed E-state index contributed by atoms with van der Waals surface area (Å²) in [6.45, 7) is 2.38. The van der Waals surface area contributed by atoms with Crippen LogP contribution in [0.4, 0.5) is 11.4 Å². The van der Waals surface area contributed by atoms with Crippen molar-refractivity contribution < 1.29 is 19.3 Å². The zero-order valence-corrected chi connectivity index (χ0v) is 13.0. The van der Waals surface area contributed by atoms with Crippen molar-refractivity contribution in [1.29, 1.82) is 0 Å². The molecule has 0 unspecified atom stereocenters. The van der Waals surface area contributed by atoms with Crippen LogP contribution in [0.15, 0.2) is 12.1 Å². The summed E-state index contributed by atoms with van der Waals surface area (Å²) in [4.78, 5) is 30.3. The van der Waals surface area contributed by atoms with Crippen LogP contribution in [0.25, 0.3) is 0 Å². The number of methoxy groups -OCH3 is 1. The Morgan fingerprint density at radius 3 is 2.70 bits per heavy atom. The number of carbonyl (C=O) groups excluding carboxylic acids is 1. The molecule has 2 heterocycles. The highest BCUT2D eigenvalue weighted by Gasteiger charge is 2.34. The zero-order valence-electron chi connectivity index (χ0n) is 13.0. The first-order chi connectivity index (χ1) is 11.1. The number of likely N-dealkylation sites (tertiary alicyclic amines) is 1. The van der Waals surface area contributed by atoms with Gasteiger partial charge in [-0.05, 0) is 38.4 Å². The van der Waals surface area contributed by atoms with Crippen molar-refractivity contribution in [2.24, 2.45) is 0 Å². The van der Waals surface area contributed by atoms with E-state index in [2.05, 4.69) is 0 Å². The fraction of sp³-hybridized carbons (Fsp3) is 0.533. The van der Waals surface area contributed by atoms with Crippen LogP contribution in [0.5, 0.6) is 5.75 Å². The standard InChI is InChI=1S/C15H19N3O5/c1-22-13-5-4-12(18(20)21)15-11(13)6-9-17(15)23-14(19)10-16-7-2-3-8-16/h4-5H,2-3,6-10H2,1H3. The average Bonchev–Trinajstić information content (AvgIpc) is 3.16. The van der Waals surface area contributed by atoms with Gasteiger partial charge in [0.15, 0.2) is 5.69 Å². The number of fused-ring (bicyclic) bond motifs is 1.